The van der Waals surface area contributed by atoms with Gasteiger partial charge in [-0.3, -0.25) is 0 Å². The molecule has 0 aliphatic heterocycles. The molecule has 1 aromatic carbocycles. The van der Waals surface area contributed by atoms with Crippen LogP contribution in [-0.2, 0) is 0 Å². The van der Waals surface area contributed by atoms with Gasteiger partial charge in [0.05, 0.1) is 0 Å². The van der Waals surface area contributed by atoms with Gasteiger partial charge in [-0.05, 0) is 37.5 Å². The molecule has 2 N–H and O–H groups in total. The van der Waals surface area contributed by atoms with Gasteiger partial charge in [-0.2, -0.15) is 0 Å². The molecule has 5 heteroatoms. The van der Waals surface area contributed by atoms with E-state index in [0.717, 1.165) is 33.9 Å². The zero-order valence-corrected chi connectivity index (χ0v) is 14.5. The predicted octanol–water partition coefficient (Wildman–Crippen LogP) is 4.85. The fraction of sp³-hybridized carbons (Fsp3) is 0.375. The lowest BCUT2D eigenvalue weighted by Gasteiger charge is -2.17. The minimum atomic E-state index is 0.330. The summed E-state index contributed by atoms with van der Waals surface area (Å²) in [6.07, 6.45) is 1.59. The van der Waals surface area contributed by atoms with Crippen LogP contribution in [0.2, 0.25) is 0 Å². The Labute approximate surface area is 134 Å². The van der Waals surface area contributed by atoms with Crippen LogP contribution >= 0.6 is 15.9 Å². The molecule has 0 amide bonds. The number of halogens is 1. The lowest BCUT2D eigenvalue weighted by Crippen LogP contribution is -2.09. The molecule has 1 aromatic heterocycles. The monoisotopic (exact) mass is 348 g/mol. The molecule has 0 unspecified atom stereocenters. The fourth-order valence-electron chi connectivity index (χ4n) is 2.16. The number of nitrogens with zero attached hydrogens (tertiary/aromatic N) is 2. The van der Waals surface area contributed by atoms with Crippen LogP contribution in [0.1, 0.15) is 37.8 Å². The average molecular weight is 349 g/mol. The van der Waals surface area contributed by atoms with Crippen molar-refractivity contribution in [3.63, 3.8) is 0 Å². The quantitative estimate of drug-likeness (QED) is 0.810. The summed E-state index contributed by atoms with van der Waals surface area (Å²) in [6.45, 7) is 9.27. The van der Waals surface area contributed by atoms with E-state index in [9.17, 15) is 0 Å². The van der Waals surface area contributed by atoms with E-state index in [1.807, 2.05) is 0 Å². The van der Waals surface area contributed by atoms with Crippen LogP contribution in [0.5, 0.6) is 0 Å². The second-order valence-electron chi connectivity index (χ2n) is 5.26. The van der Waals surface area contributed by atoms with Crippen LogP contribution in [0, 0.1) is 6.92 Å². The van der Waals surface area contributed by atoms with Crippen LogP contribution in [-0.4, -0.2) is 16.5 Å². The fourth-order valence-corrected chi connectivity index (χ4v) is 2.54. The molecule has 0 fully saturated rings. The highest BCUT2D eigenvalue weighted by atomic mass is 79.9. The van der Waals surface area contributed by atoms with Crippen molar-refractivity contribution in [3.8, 4) is 0 Å². The van der Waals surface area contributed by atoms with Gasteiger partial charge in [-0.25, -0.2) is 9.97 Å². The predicted molar refractivity (Wildman–Crippen MR) is 92.4 cm³/mol. The lowest BCUT2D eigenvalue weighted by molar-refractivity contribution is 0.849. The molecule has 2 aromatic rings. The summed E-state index contributed by atoms with van der Waals surface area (Å²) in [7, 11) is 0. The first-order chi connectivity index (χ1) is 10.0. The Balaban J connectivity index is 2.38. The number of aromatic nitrogens is 2. The standard InChI is InChI=1S/C16H21BrN4/c1-5-18-15-14(10(2)3)16(20-9-19-15)21-12-7-6-11(4)13(17)8-12/h6-10H,5H2,1-4H3,(H2,18,19,20,21). The molecule has 0 saturated carbocycles. The van der Waals surface area contributed by atoms with E-state index in [2.05, 4.69) is 82.4 Å². The van der Waals surface area contributed by atoms with E-state index in [1.165, 1.54) is 5.56 Å². The van der Waals surface area contributed by atoms with Crippen LogP contribution in [0.4, 0.5) is 17.3 Å². The summed E-state index contributed by atoms with van der Waals surface area (Å²) >= 11 is 3.56. The number of aryl methyl sites for hydroxylation is 1. The highest BCUT2D eigenvalue weighted by Gasteiger charge is 2.14. The van der Waals surface area contributed by atoms with Gasteiger partial charge in [0.1, 0.15) is 18.0 Å². The minimum absolute atomic E-state index is 0.330. The van der Waals surface area contributed by atoms with Gasteiger partial charge in [0, 0.05) is 22.3 Å². The number of nitrogens with one attached hydrogen (secondary N) is 2. The Hall–Kier alpha value is -1.62. The smallest absolute Gasteiger partial charge is 0.139 e. The number of rotatable bonds is 5. The molecule has 0 atom stereocenters. The lowest BCUT2D eigenvalue weighted by atomic mass is 10.0. The third kappa shape index (κ3) is 3.73. The molecule has 0 aliphatic carbocycles. The van der Waals surface area contributed by atoms with Crippen molar-refractivity contribution in [2.75, 3.05) is 17.2 Å². The van der Waals surface area contributed by atoms with Gasteiger partial charge in [0.15, 0.2) is 0 Å². The van der Waals surface area contributed by atoms with Gasteiger partial charge in [-0.15, -0.1) is 0 Å². The Morgan fingerprint density at radius 3 is 2.52 bits per heavy atom. The second-order valence-corrected chi connectivity index (χ2v) is 6.11. The molecule has 0 spiro atoms. The molecule has 21 heavy (non-hydrogen) atoms. The van der Waals surface area contributed by atoms with Crippen LogP contribution in [0.15, 0.2) is 29.0 Å². The first-order valence-electron chi connectivity index (χ1n) is 7.14. The van der Waals surface area contributed by atoms with Gasteiger partial charge in [0.2, 0.25) is 0 Å². The molecule has 4 nitrogen and oxygen atoms in total. The summed E-state index contributed by atoms with van der Waals surface area (Å²) < 4.78 is 1.08. The third-order valence-corrected chi connectivity index (χ3v) is 4.09. The van der Waals surface area contributed by atoms with E-state index in [0.29, 0.717) is 5.92 Å². The van der Waals surface area contributed by atoms with Crippen molar-refractivity contribution in [2.24, 2.45) is 0 Å². The van der Waals surface area contributed by atoms with Crippen LogP contribution in [0.25, 0.3) is 0 Å². The van der Waals surface area contributed by atoms with E-state index >= 15 is 0 Å². The second kappa shape index (κ2) is 6.89. The highest BCUT2D eigenvalue weighted by Crippen LogP contribution is 2.31. The zero-order valence-electron chi connectivity index (χ0n) is 12.9. The Bertz CT molecular complexity index is 626. The average Bonchev–Trinajstić information content (AvgIpc) is 2.43. The third-order valence-electron chi connectivity index (χ3n) is 3.24. The van der Waals surface area contributed by atoms with Crippen molar-refractivity contribution in [3.05, 3.63) is 40.1 Å². The molecular formula is C16H21BrN4. The number of hydrogen-bond acceptors (Lipinski definition) is 4. The zero-order chi connectivity index (χ0) is 15.4. The summed E-state index contributed by atoms with van der Waals surface area (Å²) in [4.78, 5) is 8.76. The summed E-state index contributed by atoms with van der Waals surface area (Å²) in [5.74, 6) is 2.08. The topological polar surface area (TPSA) is 49.8 Å². The summed E-state index contributed by atoms with van der Waals surface area (Å²) in [5.41, 5.74) is 3.33. The molecule has 112 valence electrons. The van der Waals surface area contributed by atoms with E-state index in [4.69, 9.17) is 0 Å². The van der Waals surface area contributed by atoms with Crippen molar-refractivity contribution < 1.29 is 0 Å². The number of anilines is 3. The summed E-state index contributed by atoms with van der Waals surface area (Å²) in [5, 5.41) is 6.70. The van der Waals surface area contributed by atoms with Gasteiger partial charge < -0.3 is 10.6 Å². The van der Waals surface area contributed by atoms with Gasteiger partial charge in [-0.1, -0.05) is 35.8 Å². The molecule has 0 saturated heterocycles. The maximum absolute atomic E-state index is 4.41. The molecule has 0 aliphatic rings. The Kier molecular flexibility index (Phi) is 5.17. The number of hydrogen-bond donors (Lipinski definition) is 2. The normalized spacial score (nSPS) is 10.8. The van der Waals surface area contributed by atoms with Gasteiger partial charge >= 0.3 is 0 Å². The molecule has 0 radical (unpaired) electrons. The maximum Gasteiger partial charge on any atom is 0.139 e. The van der Waals surface area contributed by atoms with E-state index in [-0.39, 0.29) is 0 Å². The maximum atomic E-state index is 4.41. The van der Waals surface area contributed by atoms with Crippen LogP contribution < -0.4 is 10.6 Å². The molecule has 0 bridgehead atoms. The van der Waals surface area contributed by atoms with Crippen molar-refractivity contribution in [1.29, 1.82) is 0 Å². The number of benzene rings is 1. The minimum Gasteiger partial charge on any atom is -0.370 e. The van der Waals surface area contributed by atoms with E-state index in [1.54, 1.807) is 6.33 Å². The van der Waals surface area contributed by atoms with Crippen molar-refractivity contribution in [2.45, 2.75) is 33.6 Å². The van der Waals surface area contributed by atoms with Crippen molar-refractivity contribution >= 4 is 33.3 Å². The van der Waals surface area contributed by atoms with Crippen LogP contribution in [0.3, 0.4) is 0 Å². The van der Waals surface area contributed by atoms with E-state index < -0.39 is 0 Å². The van der Waals surface area contributed by atoms with Gasteiger partial charge in [0.25, 0.3) is 0 Å². The first kappa shape index (κ1) is 15.8. The molecule has 2 rings (SSSR count). The largest absolute Gasteiger partial charge is 0.370 e. The Morgan fingerprint density at radius 1 is 1.19 bits per heavy atom. The highest BCUT2D eigenvalue weighted by molar-refractivity contribution is 9.10. The first-order valence-corrected chi connectivity index (χ1v) is 7.94. The summed E-state index contributed by atoms with van der Waals surface area (Å²) in [6, 6.07) is 6.20. The molecular weight excluding hydrogens is 328 g/mol. The Morgan fingerprint density at radius 2 is 1.90 bits per heavy atom. The SMILES string of the molecule is CCNc1ncnc(Nc2ccc(C)c(Br)c2)c1C(C)C. The molecule has 1 heterocycles. The van der Waals surface area contributed by atoms with Crippen molar-refractivity contribution in [1.82, 2.24) is 9.97 Å².